The van der Waals surface area contributed by atoms with Gasteiger partial charge in [-0.05, 0) is 37.3 Å². The summed E-state index contributed by atoms with van der Waals surface area (Å²) in [5.41, 5.74) is 6.74. The molecule has 3 rings (SSSR count). The molecule has 0 aromatic heterocycles. The molecule has 0 fully saturated rings. The fraction of sp³-hybridized carbons (Fsp3) is 0.458. The third-order valence-electron chi connectivity index (χ3n) is 6.15. The van der Waals surface area contributed by atoms with Gasteiger partial charge in [0.15, 0.2) is 0 Å². The molecule has 2 aromatic carbocycles. The number of nitrogens with zero attached hydrogens (tertiary/aromatic N) is 1. The van der Waals surface area contributed by atoms with Crippen LogP contribution in [-0.4, -0.2) is 51.2 Å². The molecule has 0 spiro atoms. The van der Waals surface area contributed by atoms with Crippen LogP contribution in [0.1, 0.15) is 39.5 Å². The molecule has 6 N–H and O–H groups in total. The number of hydrogen-bond donors (Lipinski definition) is 5. The first kappa shape index (κ1) is 26.7. The molecule has 8 nitrogen and oxygen atoms in total. The molecule has 0 unspecified atom stereocenters. The molecular formula is C24H35N3O5S2. The number of benzene rings is 2. The van der Waals surface area contributed by atoms with Gasteiger partial charge in [-0.25, -0.2) is 4.72 Å². The van der Waals surface area contributed by atoms with Gasteiger partial charge in [0.05, 0.1) is 16.1 Å². The maximum absolute atomic E-state index is 11.4. The molecule has 0 aliphatic carbocycles. The van der Waals surface area contributed by atoms with E-state index in [-0.39, 0.29) is 6.61 Å². The SMILES string of the molecule is CCCC[C@]1(CC)CN(c2ccccc2)c2cc(SC)c(OC[C@H](N)C(=O)O)cc2S(O)(O)N1. The van der Waals surface area contributed by atoms with Gasteiger partial charge in [0.25, 0.3) is 0 Å². The van der Waals surface area contributed by atoms with Crippen LogP contribution < -0.4 is 20.1 Å². The molecule has 10 heteroatoms. The zero-order valence-electron chi connectivity index (χ0n) is 19.9. The molecule has 1 aliphatic heterocycles. The molecule has 0 bridgehead atoms. The number of anilines is 2. The van der Waals surface area contributed by atoms with Crippen molar-refractivity contribution in [3.8, 4) is 5.75 Å². The van der Waals surface area contributed by atoms with Gasteiger partial charge in [-0.1, -0.05) is 44.9 Å². The van der Waals surface area contributed by atoms with E-state index in [1.807, 2.05) is 42.7 Å². The van der Waals surface area contributed by atoms with Crippen molar-refractivity contribution in [1.29, 1.82) is 0 Å². The molecule has 2 aromatic rings. The Balaban J connectivity index is 2.16. The first-order valence-electron chi connectivity index (χ1n) is 11.4. The molecule has 34 heavy (non-hydrogen) atoms. The van der Waals surface area contributed by atoms with Crippen molar-refractivity contribution in [2.24, 2.45) is 5.73 Å². The minimum atomic E-state index is -3.40. The Morgan fingerprint density at radius 3 is 2.59 bits per heavy atom. The number of aliphatic carboxylic acids is 1. The van der Waals surface area contributed by atoms with Gasteiger partial charge < -0.3 is 20.5 Å². The lowest BCUT2D eigenvalue weighted by Crippen LogP contribution is -2.51. The number of nitrogens with one attached hydrogen (secondary N) is 1. The van der Waals surface area contributed by atoms with Gasteiger partial charge in [0, 0.05) is 18.3 Å². The number of unbranched alkanes of at least 4 members (excludes halogenated alkanes) is 1. The maximum Gasteiger partial charge on any atom is 0.324 e. The summed E-state index contributed by atoms with van der Waals surface area (Å²) in [5, 5.41) is 9.11. The topological polar surface area (TPSA) is 128 Å². The number of carboxylic acids is 1. The number of ether oxygens (including phenoxy) is 1. The predicted octanol–water partition coefficient (Wildman–Crippen LogP) is 5.30. The van der Waals surface area contributed by atoms with Gasteiger partial charge in [-0.3, -0.25) is 13.9 Å². The number of carboxylic acid groups (broad SMARTS) is 1. The van der Waals surface area contributed by atoms with E-state index < -0.39 is 28.3 Å². The van der Waals surface area contributed by atoms with Crippen molar-refractivity contribution in [1.82, 2.24) is 4.72 Å². The van der Waals surface area contributed by atoms with Gasteiger partial charge in [-0.15, -0.1) is 22.5 Å². The van der Waals surface area contributed by atoms with Crippen LogP contribution in [0.2, 0.25) is 0 Å². The summed E-state index contributed by atoms with van der Waals surface area (Å²) in [6.45, 7) is 4.52. The van der Waals surface area contributed by atoms with Crippen LogP contribution in [-0.2, 0) is 4.79 Å². The lowest BCUT2D eigenvalue weighted by atomic mass is 9.89. The number of rotatable bonds is 10. The summed E-state index contributed by atoms with van der Waals surface area (Å²) in [5.74, 6) is -0.791. The van der Waals surface area contributed by atoms with Crippen molar-refractivity contribution in [2.45, 2.75) is 60.9 Å². The van der Waals surface area contributed by atoms with Gasteiger partial charge in [0.1, 0.15) is 23.3 Å². The van der Waals surface area contributed by atoms with E-state index in [4.69, 9.17) is 15.6 Å². The number of thioether (sulfide) groups is 1. The van der Waals surface area contributed by atoms with E-state index in [2.05, 4.69) is 23.5 Å². The summed E-state index contributed by atoms with van der Waals surface area (Å²) >= 11 is 1.44. The minimum absolute atomic E-state index is 0.230. The van der Waals surface area contributed by atoms with Crippen molar-refractivity contribution >= 4 is 39.9 Å². The van der Waals surface area contributed by atoms with Crippen LogP contribution in [0, 0.1) is 0 Å². The number of carbonyl (C=O) groups is 1. The Kier molecular flexibility index (Phi) is 8.77. The Morgan fingerprint density at radius 2 is 2.00 bits per heavy atom. The number of para-hydroxylation sites is 1. The van der Waals surface area contributed by atoms with Crippen LogP contribution in [0.4, 0.5) is 11.4 Å². The lowest BCUT2D eigenvalue weighted by Gasteiger charge is -2.42. The highest BCUT2D eigenvalue weighted by molar-refractivity contribution is 8.22. The predicted molar refractivity (Wildman–Crippen MR) is 140 cm³/mol. The minimum Gasteiger partial charge on any atom is -0.490 e. The fourth-order valence-corrected chi connectivity index (χ4v) is 6.42. The molecule has 0 amide bonds. The standard InChI is InChI=1S/C24H35N3O5S2/c1-4-6-12-24(5-2)16-27(17-10-8-7-9-11-17)19-13-21(33-3)20(32-15-18(25)23(28)29)14-22(19)34(30,31)26-24/h7-11,13-14,18,26,30-31H,4-6,12,15-16,25H2,1-3H3,(H,28,29)/t18-,24+/m0/s1. The fourth-order valence-electron chi connectivity index (χ4n) is 4.11. The number of hydrogen-bond acceptors (Lipinski definition) is 8. The third-order valence-corrected chi connectivity index (χ3v) is 8.57. The zero-order valence-corrected chi connectivity index (χ0v) is 21.5. The van der Waals surface area contributed by atoms with Crippen LogP contribution >= 0.6 is 22.5 Å². The third kappa shape index (κ3) is 5.81. The molecule has 1 heterocycles. The highest BCUT2D eigenvalue weighted by atomic mass is 32.3. The monoisotopic (exact) mass is 509 g/mol. The largest absolute Gasteiger partial charge is 0.490 e. The van der Waals surface area contributed by atoms with Crippen LogP contribution in [0.25, 0.3) is 0 Å². The Labute approximate surface area is 207 Å². The smallest absolute Gasteiger partial charge is 0.324 e. The van der Waals surface area contributed by atoms with E-state index in [9.17, 15) is 13.9 Å². The van der Waals surface area contributed by atoms with E-state index in [0.717, 1.165) is 29.8 Å². The first-order valence-corrected chi connectivity index (χ1v) is 14.2. The number of fused-ring (bicyclic) bond motifs is 1. The molecule has 188 valence electrons. The van der Waals surface area contributed by atoms with Gasteiger partial charge in [0.2, 0.25) is 0 Å². The van der Waals surface area contributed by atoms with E-state index in [1.54, 1.807) is 6.07 Å². The first-order chi connectivity index (χ1) is 16.2. The average molecular weight is 510 g/mol. The molecule has 0 saturated heterocycles. The van der Waals surface area contributed by atoms with Crippen molar-refractivity contribution in [3.05, 3.63) is 42.5 Å². The second-order valence-electron chi connectivity index (χ2n) is 8.54. The van der Waals surface area contributed by atoms with E-state index >= 15 is 0 Å². The summed E-state index contributed by atoms with van der Waals surface area (Å²) in [6, 6.07) is 12.2. The Bertz CT molecular complexity index is 992. The second-order valence-corrected chi connectivity index (χ2v) is 11.1. The molecule has 2 atom stereocenters. The maximum atomic E-state index is 11.4. The highest BCUT2D eigenvalue weighted by Crippen LogP contribution is 2.57. The van der Waals surface area contributed by atoms with Crippen molar-refractivity contribution in [3.63, 3.8) is 0 Å². The highest BCUT2D eigenvalue weighted by Gasteiger charge is 2.41. The zero-order chi connectivity index (χ0) is 24.9. The normalized spacial score (nSPS) is 21.3. The van der Waals surface area contributed by atoms with Crippen molar-refractivity contribution in [2.75, 3.05) is 24.3 Å². The van der Waals surface area contributed by atoms with Gasteiger partial charge in [-0.2, -0.15) is 0 Å². The van der Waals surface area contributed by atoms with Crippen molar-refractivity contribution < 1.29 is 23.7 Å². The van der Waals surface area contributed by atoms with Crippen LogP contribution in [0.3, 0.4) is 0 Å². The summed E-state index contributed by atoms with van der Waals surface area (Å²) in [6.07, 6.45) is 5.35. The van der Waals surface area contributed by atoms with Crippen LogP contribution in [0.15, 0.2) is 52.3 Å². The lowest BCUT2D eigenvalue weighted by molar-refractivity contribution is -0.139. The molecular weight excluding hydrogens is 474 g/mol. The van der Waals surface area contributed by atoms with Gasteiger partial charge >= 0.3 is 5.97 Å². The summed E-state index contributed by atoms with van der Waals surface area (Å²) in [4.78, 5) is 14.4. The average Bonchev–Trinajstić information content (AvgIpc) is 2.93. The van der Waals surface area contributed by atoms with Crippen LogP contribution in [0.5, 0.6) is 5.75 Å². The van der Waals surface area contributed by atoms with E-state index in [1.165, 1.54) is 11.8 Å². The van der Waals surface area contributed by atoms with E-state index in [0.29, 0.717) is 29.3 Å². The summed E-state index contributed by atoms with van der Waals surface area (Å²) in [7, 11) is -3.40. The quantitative estimate of drug-likeness (QED) is 0.271. The molecule has 1 aliphatic rings. The summed E-state index contributed by atoms with van der Waals surface area (Å²) < 4.78 is 31.8. The molecule has 0 saturated carbocycles. The Hall–Kier alpha value is -1.95. The molecule has 0 radical (unpaired) electrons. The second kappa shape index (κ2) is 11.2. The Morgan fingerprint density at radius 1 is 1.29 bits per heavy atom. The number of nitrogens with two attached hydrogens (primary N) is 1.